The van der Waals surface area contributed by atoms with Gasteiger partial charge in [-0.2, -0.15) is 0 Å². The number of phenols is 1. The van der Waals surface area contributed by atoms with Gasteiger partial charge in [0.1, 0.15) is 11.6 Å². The Hall–Kier alpha value is -2.37. The lowest BCUT2D eigenvalue weighted by Gasteiger charge is -2.18. The van der Waals surface area contributed by atoms with Crippen LogP contribution in [0, 0.1) is 5.92 Å². The van der Waals surface area contributed by atoms with Gasteiger partial charge < -0.3 is 16.2 Å². The number of nitrogens with zero attached hydrogens (tertiary/aromatic N) is 2. The van der Waals surface area contributed by atoms with Crippen molar-refractivity contribution in [3.8, 4) is 17.1 Å². The highest BCUT2D eigenvalue weighted by Crippen LogP contribution is 2.32. The highest BCUT2D eigenvalue weighted by atomic mass is 35.5. The zero-order valence-corrected chi connectivity index (χ0v) is 15.0. The number of halogens is 1. The molecular weight excluding hydrogens is 336 g/mol. The molecule has 0 aliphatic rings. The molecule has 0 saturated heterocycles. The molecule has 0 aliphatic heterocycles. The van der Waals surface area contributed by atoms with Gasteiger partial charge in [-0.05, 0) is 36.2 Å². The van der Waals surface area contributed by atoms with Crippen LogP contribution in [0.5, 0.6) is 5.75 Å². The molecule has 1 heterocycles. The van der Waals surface area contributed by atoms with Crippen molar-refractivity contribution < 1.29 is 5.11 Å². The van der Waals surface area contributed by atoms with Crippen molar-refractivity contribution in [3.63, 3.8) is 0 Å². The molecule has 4 N–H and O–H groups in total. The minimum Gasteiger partial charge on any atom is -0.507 e. The van der Waals surface area contributed by atoms with Crippen LogP contribution < -0.4 is 11.1 Å². The fraction of sp³-hybridized carbons (Fsp3) is 0.263. The molecule has 2 aromatic carbocycles. The molecule has 130 valence electrons. The van der Waals surface area contributed by atoms with Crippen LogP contribution in [0.4, 0.5) is 5.82 Å². The van der Waals surface area contributed by atoms with E-state index in [1.54, 1.807) is 12.1 Å². The fourth-order valence-corrected chi connectivity index (χ4v) is 2.64. The van der Waals surface area contributed by atoms with Crippen LogP contribution in [0.2, 0.25) is 5.02 Å². The first kappa shape index (κ1) is 17.5. The molecule has 0 amide bonds. The standard InChI is InChI=1S/C19H21ClN4O/c1-11(2)15(21)10-22-18-13-5-3-4-6-16(13)23-19(24-18)14-9-12(20)7-8-17(14)25/h3-9,11,15,25H,10,21H2,1-2H3,(H,22,23,24)/t15-/m1/s1. The zero-order chi connectivity index (χ0) is 18.0. The second-order valence-electron chi connectivity index (χ2n) is 6.36. The van der Waals surface area contributed by atoms with Gasteiger partial charge in [-0.25, -0.2) is 9.97 Å². The lowest BCUT2D eigenvalue weighted by Crippen LogP contribution is -2.34. The van der Waals surface area contributed by atoms with Crippen molar-refractivity contribution in [1.29, 1.82) is 0 Å². The molecule has 0 fully saturated rings. The second kappa shape index (κ2) is 7.25. The maximum Gasteiger partial charge on any atom is 0.165 e. The van der Waals surface area contributed by atoms with Gasteiger partial charge in [0.25, 0.3) is 0 Å². The molecule has 3 aromatic rings. The predicted octanol–water partition coefficient (Wildman–Crippen LogP) is 4.05. The first-order valence-electron chi connectivity index (χ1n) is 8.21. The average Bonchev–Trinajstić information content (AvgIpc) is 2.61. The number of nitrogens with two attached hydrogens (primary N) is 1. The van der Waals surface area contributed by atoms with E-state index in [0.717, 1.165) is 10.9 Å². The Balaban J connectivity index is 2.07. The van der Waals surface area contributed by atoms with Gasteiger partial charge in [0, 0.05) is 23.0 Å². The summed E-state index contributed by atoms with van der Waals surface area (Å²) < 4.78 is 0. The molecule has 0 spiro atoms. The van der Waals surface area contributed by atoms with E-state index >= 15 is 0 Å². The molecule has 6 heteroatoms. The summed E-state index contributed by atoms with van der Waals surface area (Å²) in [5, 5.41) is 14.9. The van der Waals surface area contributed by atoms with E-state index in [1.807, 2.05) is 24.3 Å². The molecule has 1 atom stereocenters. The third-order valence-corrected chi connectivity index (χ3v) is 4.40. The number of rotatable bonds is 5. The highest BCUT2D eigenvalue weighted by Gasteiger charge is 2.14. The summed E-state index contributed by atoms with van der Waals surface area (Å²) in [7, 11) is 0. The number of aromatic hydroxyl groups is 1. The molecule has 0 unspecified atom stereocenters. The number of anilines is 1. The molecule has 0 saturated carbocycles. The molecule has 0 aliphatic carbocycles. The Morgan fingerprint density at radius 1 is 1.16 bits per heavy atom. The van der Waals surface area contributed by atoms with E-state index in [0.29, 0.717) is 34.7 Å². The van der Waals surface area contributed by atoms with Crippen molar-refractivity contribution in [2.24, 2.45) is 11.7 Å². The zero-order valence-electron chi connectivity index (χ0n) is 14.2. The van der Waals surface area contributed by atoms with Crippen LogP contribution in [0.1, 0.15) is 13.8 Å². The number of fused-ring (bicyclic) bond motifs is 1. The van der Waals surface area contributed by atoms with E-state index < -0.39 is 0 Å². The van der Waals surface area contributed by atoms with Crippen molar-refractivity contribution in [2.75, 3.05) is 11.9 Å². The van der Waals surface area contributed by atoms with Crippen molar-refractivity contribution in [1.82, 2.24) is 9.97 Å². The number of nitrogens with one attached hydrogen (secondary N) is 1. The number of benzene rings is 2. The van der Waals surface area contributed by atoms with Crippen LogP contribution in [-0.2, 0) is 0 Å². The van der Waals surface area contributed by atoms with Gasteiger partial charge in [-0.15, -0.1) is 0 Å². The minimum atomic E-state index is 0.0109. The summed E-state index contributed by atoms with van der Waals surface area (Å²) in [6.45, 7) is 4.76. The summed E-state index contributed by atoms with van der Waals surface area (Å²) in [4.78, 5) is 9.18. The molecule has 3 rings (SSSR count). The molecule has 25 heavy (non-hydrogen) atoms. The summed E-state index contributed by atoms with van der Waals surface area (Å²) in [5.41, 5.74) is 7.42. The average molecular weight is 357 g/mol. The van der Waals surface area contributed by atoms with Gasteiger partial charge in [0.05, 0.1) is 11.1 Å². The van der Waals surface area contributed by atoms with Crippen LogP contribution in [0.15, 0.2) is 42.5 Å². The topological polar surface area (TPSA) is 84.1 Å². The quantitative estimate of drug-likeness (QED) is 0.642. The van der Waals surface area contributed by atoms with E-state index in [1.165, 1.54) is 6.07 Å². The van der Waals surface area contributed by atoms with Crippen LogP contribution >= 0.6 is 11.6 Å². The molecule has 5 nitrogen and oxygen atoms in total. The van der Waals surface area contributed by atoms with Crippen LogP contribution in [0.25, 0.3) is 22.3 Å². The Morgan fingerprint density at radius 3 is 2.68 bits per heavy atom. The summed E-state index contributed by atoms with van der Waals surface area (Å²) >= 11 is 6.06. The second-order valence-corrected chi connectivity index (χ2v) is 6.80. The van der Waals surface area contributed by atoms with Crippen molar-refractivity contribution in [2.45, 2.75) is 19.9 Å². The predicted molar refractivity (Wildman–Crippen MR) is 103 cm³/mol. The lowest BCUT2D eigenvalue weighted by molar-refractivity contribution is 0.477. The van der Waals surface area contributed by atoms with E-state index in [4.69, 9.17) is 17.3 Å². The monoisotopic (exact) mass is 356 g/mol. The minimum absolute atomic E-state index is 0.0109. The summed E-state index contributed by atoms with van der Waals surface area (Å²) in [6, 6.07) is 12.6. The van der Waals surface area contributed by atoms with Gasteiger partial charge in [0.2, 0.25) is 0 Å². The van der Waals surface area contributed by atoms with E-state index in [-0.39, 0.29) is 11.8 Å². The third kappa shape index (κ3) is 3.83. The van der Waals surface area contributed by atoms with Gasteiger partial charge in [0.15, 0.2) is 5.82 Å². The molecule has 0 bridgehead atoms. The van der Waals surface area contributed by atoms with Crippen LogP contribution in [-0.4, -0.2) is 27.7 Å². The SMILES string of the molecule is CC(C)[C@H](N)CNc1nc(-c2cc(Cl)ccc2O)nc2ccccc12. The van der Waals surface area contributed by atoms with E-state index in [9.17, 15) is 5.11 Å². The summed E-state index contributed by atoms with van der Waals surface area (Å²) in [5.74, 6) is 1.55. The number of aromatic nitrogens is 2. The maximum absolute atomic E-state index is 10.2. The molecule has 0 radical (unpaired) electrons. The van der Waals surface area contributed by atoms with Crippen molar-refractivity contribution >= 4 is 28.3 Å². The number of para-hydroxylation sites is 1. The van der Waals surface area contributed by atoms with Gasteiger partial charge in [-0.1, -0.05) is 37.6 Å². The Bertz CT molecular complexity index is 898. The normalized spacial score (nSPS) is 12.5. The number of hydrogen-bond donors (Lipinski definition) is 3. The lowest BCUT2D eigenvalue weighted by atomic mass is 10.1. The molecular formula is C19H21ClN4O. The smallest absolute Gasteiger partial charge is 0.165 e. The number of hydrogen-bond acceptors (Lipinski definition) is 5. The largest absolute Gasteiger partial charge is 0.507 e. The number of phenolic OH excluding ortho intramolecular Hbond substituents is 1. The highest BCUT2D eigenvalue weighted by molar-refractivity contribution is 6.30. The first-order chi connectivity index (χ1) is 12.0. The maximum atomic E-state index is 10.2. The van der Waals surface area contributed by atoms with E-state index in [2.05, 4.69) is 29.1 Å². The van der Waals surface area contributed by atoms with Gasteiger partial charge in [-0.3, -0.25) is 0 Å². The Labute approximate surface area is 151 Å². The first-order valence-corrected chi connectivity index (χ1v) is 8.58. The van der Waals surface area contributed by atoms with Gasteiger partial charge >= 0.3 is 0 Å². The Kier molecular flexibility index (Phi) is 5.06. The van der Waals surface area contributed by atoms with Crippen molar-refractivity contribution in [3.05, 3.63) is 47.5 Å². The Morgan fingerprint density at radius 2 is 1.92 bits per heavy atom. The summed E-state index contributed by atoms with van der Waals surface area (Å²) in [6.07, 6.45) is 0. The molecule has 1 aromatic heterocycles. The third-order valence-electron chi connectivity index (χ3n) is 4.16. The van der Waals surface area contributed by atoms with Crippen LogP contribution in [0.3, 0.4) is 0 Å². The fourth-order valence-electron chi connectivity index (χ4n) is 2.47.